The summed E-state index contributed by atoms with van der Waals surface area (Å²) >= 11 is 0. The summed E-state index contributed by atoms with van der Waals surface area (Å²) in [5, 5.41) is 3.00. The van der Waals surface area contributed by atoms with Gasteiger partial charge in [0.1, 0.15) is 5.82 Å². The molecule has 0 atom stereocenters. The van der Waals surface area contributed by atoms with Gasteiger partial charge in [0, 0.05) is 31.1 Å². The summed E-state index contributed by atoms with van der Waals surface area (Å²) in [6, 6.07) is 12.0. The number of amides is 1. The maximum Gasteiger partial charge on any atom is 0.220 e. The SMILES string of the molecule is O=C(CC1CCCC1)NCCc1nccc(-c2ccccc2)n1. The molecule has 1 aliphatic rings. The molecule has 1 heterocycles. The number of benzene rings is 1. The predicted molar refractivity (Wildman–Crippen MR) is 90.8 cm³/mol. The maximum absolute atomic E-state index is 11.9. The molecule has 0 radical (unpaired) electrons. The summed E-state index contributed by atoms with van der Waals surface area (Å²) in [6.07, 6.45) is 8.08. The first-order valence-electron chi connectivity index (χ1n) is 8.45. The normalized spacial score (nSPS) is 14.8. The third-order valence-electron chi connectivity index (χ3n) is 4.39. The molecule has 4 heteroatoms. The lowest BCUT2D eigenvalue weighted by molar-refractivity contribution is -0.121. The Morgan fingerprint density at radius 2 is 1.91 bits per heavy atom. The van der Waals surface area contributed by atoms with Crippen molar-refractivity contribution in [2.75, 3.05) is 6.54 Å². The fourth-order valence-corrected chi connectivity index (χ4v) is 3.15. The van der Waals surface area contributed by atoms with Gasteiger partial charge in [-0.25, -0.2) is 9.97 Å². The minimum atomic E-state index is 0.163. The molecular weight excluding hydrogens is 286 g/mol. The number of hydrogen-bond donors (Lipinski definition) is 1. The summed E-state index contributed by atoms with van der Waals surface area (Å²) in [7, 11) is 0. The van der Waals surface area contributed by atoms with E-state index < -0.39 is 0 Å². The topological polar surface area (TPSA) is 54.9 Å². The van der Waals surface area contributed by atoms with Gasteiger partial charge in [-0.15, -0.1) is 0 Å². The van der Waals surface area contributed by atoms with Crippen LogP contribution < -0.4 is 5.32 Å². The number of aromatic nitrogens is 2. The maximum atomic E-state index is 11.9. The highest BCUT2D eigenvalue weighted by atomic mass is 16.1. The van der Waals surface area contributed by atoms with Crippen molar-refractivity contribution in [3.63, 3.8) is 0 Å². The number of nitrogens with zero attached hydrogens (tertiary/aromatic N) is 2. The monoisotopic (exact) mass is 309 g/mol. The van der Waals surface area contributed by atoms with E-state index in [-0.39, 0.29) is 5.91 Å². The second-order valence-electron chi connectivity index (χ2n) is 6.18. The minimum absolute atomic E-state index is 0.163. The van der Waals surface area contributed by atoms with Crippen LogP contribution in [-0.4, -0.2) is 22.4 Å². The Kier molecular flexibility index (Phi) is 5.35. The Balaban J connectivity index is 1.49. The quantitative estimate of drug-likeness (QED) is 0.890. The average Bonchev–Trinajstić information content (AvgIpc) is 3.09. The van der Waals surface area contributed by atoms with Crippen LogP contribution in [0.15, 0.2) is 42.6 Å². The van der Waals surface area contributed by atoms with Crippen LogP contribution in [0.3, 0.4) is 0 Å². The number of nitrogens with one attached hydrogen (secondary N) is 1. The van der Waals surface area contributed by atoms with Gasteiger partial charge in [-0.3, -0.25) is 4.79 Å². The molecule has 1 aliphatic carbocycles. The Bertz CT molecular complexity index is 636. The van der Waals surface area contributed by atoms with E-state index in [0.717, 1.165) is 17.1 Å². The van der Waals surface area contributed by atoms with Crippen molar-refractivity contribution in [3.8, 4) is 11.3 Å². The van der Waals surface area contributed by atoms with Gasteiger partial charge in [-0.1, -0.05) is 43.2 Å². The number of hydrogen-bond acceptors (Lipinski definition) is 3. The summed E-state index contributed by atoms with van der Waals surface area (Å²) < 4.78 is 0. The standard InChI is InChI=1S/C19H23N3O/c23-19(14-15-6-4-5-7-15)21-13-11-18-20-12-10-17(22-18)16-8-2-1-3-9-16/h1-3,8-10,12,15H,4-7,11,13-14H2,(H,21,23). The van der Waals surface area contributed by atoms with Crippen LogP contribution in [0.4, 0.5) is 0 Å². The molecule has 1 N–H and O–H groups in total. The smallest absolute Gasteiger partial charge is 0.220 e. The molecule has 1 amide bonds. The van der Waals surface area contributed by atoms with Gasteiger partial charge in [0.15, 0.2) is 0 Å². The summed E-state index contributed by atoms with van der Waals surface area (Å²) in [4.78, 5) is 20.8. The summed E-state index contributed by atoms with van der Waals surface area (Å²) in [5.74, 6) is 1.52. The molecule has 0 bridgehead atoms. The van der Waals surface area contributed by atoms with Gasteiger partial charge < -0.3 is 5.32 Å². The first-order valence-corrected chi connectivity index (χ1v) is 8.45. The van der Waals surface area contributed by atoms with E-state index in [0.29, 0.717) is 25.3 Å². The Morgan fingerprint density at radius 1 is 1.13 bits per heavy atom. The van der Waals surface area contributed by atoms with Crippen molar-refractivity contribution in [1.82, 2.24) is 15.3 Å². The van der Waals surface area contributed by atoms with E-state index in [4.69, 9.17) is 0 Å². The number of rotatable bonds is 6. The molecule has 1 aromatic heterocycles. The molecule has 0 saturated heterocycles. The number of carbonyl (C=O) groups is 1. The van der Waals surface area contributed by atoms with Gasteiger partial charge in [0.2, 0.25) is 5.91 Å². The van der Waals surface area contributed by atoms with E-state index in [1.807, 2.05) is 36.4 Å². The van der Waals surface area contributed by atoms with E-state index in [9.17, 15) is 4.79 Å². The molecule has 2 aromatic rings. The average molecular weight is 309 g/mol. The lowest BCUT2D eigenvalue weighted by atomic mass is 10.0. The second-order valence-corrected chi connectivity index (χ2v) is 6.18. The zero-order valence-electron chi connectivity index (χ0n) is 13.4. The molecule has 23 heavy (non-hydrogen) atoms. The fourth-order valence-electron chi connectivity index (χ4n) is 3.15. The van der Waals surface area contributed by atoms with Crippen molar-refractivity contribution in [3.05, 3.63) is 48.4 Å². The molecule has 0 aliphatic heterocycles. The Labute approximate surface area is 137 Å². The van der Waals surface area contributed by atoms with Crippen molar-refractivity contribution in [1.29, 1.82) is 0 Å². The van der Waals surface area contributed by atoms with Crippen molar-refractivity contribution in [2.24, 2.45) is 5.92 Å². The zero-order valence-corrected chi connectivity index (χ0v) is 13.4. The Morgan fingerprint density at radius 3 is 2.70 bits per heavy atom. The molecule has 1 saturated carbocycles. The van der Waals surface area contributed by atoms with Crippen LogP contribution >= 0.6 is 0 Å². The van der Waals surface area contributed by atoms with E-state index in [2.05, 4.69) is 15.3 Å². The molecule has 1 fully saturated rings. The van der Waals surface area contributed by atoms with E-state index in [1.54, 1.807) is 6.20 Å². The van der Waals surface area contributed by atoms with Crippen LogP contribution in [0.2, 0.25) is 0 Å². The van der Waals surface area contributed by atoms with Crippen molar-refractivity contribution < 1.29 is 4.79 Å². The second kappa shape index (κ2) is 7.86. The summed E-state index contributed by atoms with van der Waals surface area (Å²) in [5.41, 5.74) is 2.01. The van der Waals surface area contributed by atoms with Crippen LogP contribution in [0.25, 0.3) is 11.3 Å². The van der Waals surface area contributed by atoms with Crippen molar-refractivity contribution in [2.45, 2.75) is 38.5 Å². The van der Waals surface area contributed by atoms with Gasteiger partial charge >= 0.3 is 0 Å². The molecule has 120 valence electrons. The molecular formula is C19H23N3O. The molecule has 4 nitrogen and oxygen atoms in total. The zero-order chi connectivity index (χ0) is 15.9. The van der Waals surface area contributed by atoms with Gasteiger partial charge in [0.25, 0.3) is 0 Å². The predicted octanol–water partition coefficient (Wildman–Crippen LogP) is 3.38. The summed E-state index contributed by atoms with van der Waals surface area (Å²) in [6.45, 7) is 0.601. The third kappa shape index (κ3) is 4.62. The molecule has 0 spiro atoms. The highest BCUT2D eigenvalue weighted by Gasteiger charge is 2.18. The third-order valence-corrected chi connectivity index (χ3v) is 4.39. The van der Waals surface area contributed by atoms with E-state index in [1.165, 1.54) is 25.7 Å². The first-order chi connectivity index (χ1) is 11.3. The van der Waals surface area contributed by atoms with Crippen LogP contribution in [-0.2, 0) is 11.2 Å². The first kappa shape index (κ1) is 15.7. The Hall–Kier alpha value is -2.23. The number of carbonyl (C=O) groups excluding carboxylic acids is 1. The highest BCUT2D eigenvalue weighted by Crippen LogP contribution is 2.27. The van der Waals surface area contributed by atoms with Gasteiger partial charge in [0.05, 0.1) is 5.69 Å². The van der Waals surface area contributed by atoms with Crippen LogP contribution in [0, 0.1) is 5.92 Å². The van der Waals surface area contributed by atoms with E-state index >= 15 is 0 Å². The highest BCUT2D eigenvalue weighted by molar-refractivity contribution is 5.76. The minimum Gasteiger partial charge on any atom is -0.356 e. The van der Waals surface area contributed by atoms with Crippen LogP contribution in [0.1, 0.15) is 37.9 Å². The lowest BCUT2D eigenvalue weighted by Crippen LogP contribution is -2.27. The van der Waals surface area contributed by atoms with Crippen molar-refractivity contribution >= 4 is 5.91 Å². The lowest BCUT2D eigenvalue weighted by Gasteiger charge is -2.09. The molecule has 0 unspecified atom stereocenters. The van der Waals surface area contributed by atoms with Gasteiger partial charge in [-0.05, 0) is 24.8 Å². The fraction of sp³-hybridized carbons (Fsp3) is 0.421. The molecule has 1 aromatic carbocycles. The van der Waals surface area contributed by atoms with Gasteiger partial charge in [-0.2, -0.15) is 0 Å². The molecule has 3 rings (SSSR count). The largest absolute Gasteiger partial charge is 0.356 e. The van der Waals surface area contributed by atoms with Crippen LogP contribution in [0.5, 0.6) is 0 Å².